The molecule has 1 saturated heterocycles. The Balaban J connectivity index is 0.00000180. The maximum absolute atomic E-state index is 11.2. The zero-order valence-corrected chi connectivity index (χ0v) is 11.9. The first-order valence-electron chi connectivity index (χ1n) is 6.49. The topological polar surface area (TPSA) is 79.5 Å². The first kappa shape index (κ1) is 15.9. The number of aliphatic carboxylic acids is 1. The number of hydrogen-bond acceptors (Lipinski definition) is 5. The Bertz CT molecular complexity index is 411. The number of aromatic nitrogens is 2. The van der Waals surface area contributed by atoms with E-state index in [0.29, 0.717) is 24.7 Å². The summed E-state index contributed by atoms with van der Waals surface area (Å²) in [6.45, 7) is 3.28. The summed E-state index contributed by atoms with van der Waals surface area (Å²) in [7, 11) is 0. The molecule has 1 aromatic rings. The second kappa shape index (κ2) is 7.45. The van der Waals surface area contributed by atoms with E-state index in [0.717, 1.165) is 32.2 Å². The number of carboxylic acid groups (broad SMARTS) is 1. The van der Waals surface area contributed by atoms with Crippen LogP contribution in [0, 0.1) is 0 Å². The smallest absolute Gasteiger partial charge is 0.320 e. The molecule has 1 unspecified atom stereocenters. The zero-order chi connectivity index (χ0) is 13.0. The van der Waals surface area contributed by atoms with E-state index in [1.165, 1.54) is 0 Å². The molecular weight excluding hydrogens is 270 g/mol. The maximum atomic E-state index is 11.2. The molecular formula is C12H20ClN3O3. The molecule has 108 valence electrons. The minimum Gasteiger partial charge on any atom is -0.480 e. The Morgan fingerprint density at radius 1 is 1.53 bits per heavy atom. The first-order valence-corrected chi connectivity index (χ1v) is 6.49. The van der Waals surface area contributed by atoms with E-state index in [1.54, 1.807) is 0 Å². The highest BCUT2D eigenvalue weighted by molar-refractivity contribution is 5.85. The van der Waals surface area contributed by atoms with Gasteiger partial charge in [-0.15, -0.1) is 12.4 Å². The van der Waals surface area contributed by atoms with Crippen molar-refractivity contribution in [2.75, 3.05) is 6.54 Å². The van der Waals surface area contributed by atoms with Gasteiger partial charge in [0.25, 0.3) is 0 Å². The van der Waals surface area contributed by atoms with Gasteiger partial charge in [0.05, 0.1) is 6.54 Å². The number of carboxylic acids is 1. The van der Waals surface area contributed by atoms with Gasteiger partial charge in [0, 0.05) is 6.42 Å². The molecule has 0 radical (unpaired) electrons. The van der Waals surface area contributed by atoms with Crippen molar-refractivity contribution in [2.45, 2.75) is 51.6 Å². The normalized spacial score (nSPS) is 19.9. The fourth-order valence-corrected chi connectivity index (χ4v) is 2.31. The van der Waals surface area contributed by atoms with Gasteiger partial charge in [-0.2, -0.15) is 4.98 Å². The molecule has 0 amide bonds. The second-order valence-electron chi connectivity index (χ2n) is 4.67. The van der Waals surface area contributed by atoms with Crippen molar-refractivity contribution in [1.82, 2.24) is 15.0 Å². The highest BCUT2D eigenvalue weighted by Crippen LogP contribution is 2.19. The molecule has 1 aliphatic heterocycles. The van der Waals surface area contributed by atoms with Crippen LogP contribution < -0.4 is 0 Å². The lowest BCUT2D eigenvalue weighted by molar-refractivity contribution is -0.145. The number of rotatable bonds is 5. The van der Waals surface area contributed by atoms with Crippen LogP contribution in [0.25, 0.3) is 0 Å². The number of halogens is 1. The molecule has 1 fully saturated rings. The number of likely N-dealkylation sites (tertiary alicyclic amines) is 1. The molecule has 0 saturated carbocycles. The standard InChI is InChI=1S/C12H19N3O3.ClH/c1-2-5-10-13-11(18-14-10)8-15-7-4-3-6-9(15)12(16)17;/h9H,2-8H2,1H3,(H,16,17);1H. The van der Waals surface area contributed by atoms with Crippen molar-refractivity contribution in [3.8, 4) is 0 Å². The molecule has 6 nitrogen and oxygen atoms in total. The van der Waals surface area contributed by atoms with Crippen LogP contribution >= 0.6 is 12.4 Å². The van der Waals surface area contributed by atoms with E-state index >= 15 is 0 Å². The molecule has 0 aromatic carbocycles. The maximum Gasteiger partial charge on any atom is 0.320 e. The van der Waals surface area contributed by atoms with Gasteiger partial charge in [-0.3, -0.25) is 9.69 Å². The van der Waals surface area contributed by atoms with Gasteiger partial charge >= 0.3 is 5.97 Å². The monoisotopic (exact) mass is 289 g/mol. The Morgan fingerprint density at radius 3 is 3.00 bits per heavy atom. The minimum atomic E-state index is -0.761. The van der Waals surface area contributed by atoms with Gasteiger partial charge in [-0.25, -0.2) is 0 Å². The van der Waals surface area contributed by atoms with Crippen molar-refractivity contribution < 1.29 is 14.4 Å². The summed E-state index contributed by atoms with van der Waals surface area (Å²) in [4.78, 5) is 17.3. The van der Waals surface area contributed by atoms with Crippen LogP contribution in [-0.2, 0) is 17.8 Å². The molecule has 0 spiro atoms. The largest absolute Gasteiger partial charge is 0.480 e. The van der Waals surface area contributed by atoms with Crippen molar-refractivity contribution in [3.05, 3.63) is 11.7 Å². The Hall–Kier alpha value is -1.14. The first-order chi connectivity index (χ1) is 8.70. The Morgan fingerprint density at radius 2 is 2.32 bits per heavy atom. The van der Waals surface area contributed by atoms with Crippen molar-refractivity contribution in [1.29, 1.82) is 0 Å². The minimum absolute atomic E-state index is 0. The predicted molar refractivity (Wildman–Crippen MR) is 71.2 cm³/mol. The molecule has 1 aromatic heterocycles. The van der Waals surface area contributed by atoms with Gasteiger partial charge in [-0.1, -0.05) is 18.5 Å². The average molecular weight is 290 g/mol. The number of nitrogens with zero attached hydrogens (tertiary/aromatic N) is 3. The van der Waals surface area contributed by atoms with Gasteiger partial charge in [0.1, 0.15) is 6.04 Å². The van der Waals surface area contributed by atoms with Crippen molar-refractivity contribution in [2.24, 2.45) is 0 Å². The third-order valence-electron chi connectivity index (χ3n) is 3.22. The number of hydrogen-bond donors (Lipinski definition) is 1. The third kappa shape index (κ3) is 4.18. The van der Waals surface area contributed by atoms with Crippen LogP contribution in [0.1, 0.15) is 44.3 Å². The Kier molecular flexibility index (Phi) is 6.24. The van der Waals surface area contributed by atoms with Crippen molar-refractivity contribution in [3.63, 3.8) is 0 Å². The summed E-state index contributed by atoms with van der Waals surface area (Å²) in [5.74, 6) is 0.464. The molecule has 0 bridgehead atoms. The highest BCUT2D eigenvalue weighted by Gasteiger charge is 2.29. The fourth-order valence-electron chi connectivity index (χ4n) is 2.31. The van der Waals surface area contributed by atoms with Crippen LogP contribution in [0.3, 0.4) is 0 Å². The van der Waals surface area contributed by atoms with E-state index in [-0.39, 0.29) is 12.4 Å². The lowest BCUT2D eigenvalue weighted by atomic mass is 10.0. The van der Waals surface area contributed by atoms with Gasteiger partial charge in [0.15, 0.2) is 5.82 Å². The second-order valence-corrected chi connectivity index (χ2v) is 4.67. The van der Waals surface area contributed by atoms with E-state index in [4.69, 9.17) is 9.63 Å². The fraction of sp³-hybridized carbons (Fsp3) is 0.750. The van der Waals surface area contributed by atoms with Crippen LogP contribution in [0.5, 0.6) is 0 Å². The molecule has 1 atom stereocenters. The van der Waals surface area contributed by atoms with E-state index in [9.17, 15) is 4.79 Å². The van der Waals surface area contributed by atoms with Gasteiger partial charge < -0.3 is 9.63 Å². The predicted octanol–water partition coefficient (Wildman–Crippen LogP) is 1.88. The van der Waals surface area contributed by atoms with E-state index < -0.39 is 12.0 Å². The van der Waals surface area contributed by atoms with Crippen LogP contribution in [-0.4, -0.2) is 38.7 Å². The third-order valence-corrected chi connectivity index (χ3v) is 3.22. The van der Waals surface area contributed by atoms with Crippen LogP contribution in [0.4, 0.5) is 0 Å². The quantitative estimate of drug-likeness (QED) is 0.891. The van der Waals surface area contributed by atoms with E-state index in [1.807, 2.05) is 4.90 Å². The number of piperidine rings is 1. The molecule has 0 aliphatic carbocycles. The highest BCUT2D eigenvalue weighted by atomic mass is 35.5. The zero-order valence-electron chi connectivity index (χ0n) is 11.0. The van der Waals surface area contributed by atoms with Crippen LogP contribution in [0.2, 0.25) is 0 Å². The van der Waals surface area contributed by atoms with Gasteiger partial charge in [0.2, 0.25) is 5.89 Å². The molecule has 2 heterocycles. The SMILES string of the molecule is CCCc1noc(CN2CCCCC2C(=O)O)n1.Cl. The number of carbonyl (C=O) groups is 1. The summed E-state index contributed by atoms with van der Waals surface area (Å²) >= 11 is 0. The van der Waals surface area contributed by atoms with Gasteiger partial charge in [-0.05, 0) is 25.8 Å². The summed E-state index contributed by atoms with van der Waals surface area (Å²) in [6.07, 6.45) is 4.47. The van der Waals surface area contributed by atoms with E-state index in [2.05, 4.69) is 17.1 Å². The average Bonchev–Trinajstić information content (AvgIpc) is 2.77. The van der Waals surface area contributed by atoms with Crippen molar-refractivity contribution >= 4 is 18.4 Å². The molecule has 7 heteroatoms. The summed E-state index contributed by atoms with van der Waals surface area (Å²) in [5, 5.41) is 13.0. The summed E-state index contributed by atoms with van der Waals surface area (Å²) in [5.41, 5.74) is 0. The lowest BCUT2D eigenvalue weighted by Crippen LogP contribution is -2.44. The summed E-state index contributed by atoms with van der Waals surface area (Å²) in [6, 6.07) is -0.416. The molecule has 1 N–H and O–H groups in total. The lowest BCUT2D eigenvalue weighted by Gasteiger charge is -2.31. The Labute approximate surface area is 118 Å². The molecule has 19 heavy (non-hydrogen) atoms. The summed E-state index contributed by atoms with van der Waals surface area (Å²) < 4.78 is 5.15. The van der Waals surface area contributed by atoms with Crippen LogP contribution in [0.15, 0.2) is 4.52 Å². The molecule has 1 aliphatic rings. The number of aryl methyl sites for hydroxylation is 1. The molecule has 2 rings (SSSR count).